The lowest BCUT2D eigenvalue weighted by molar-refractivity contribution is 0.278. The van der Waals surface area contributed by atoms with Crippen molar-refractivity contribution in [3.63, 3.8) is 0 Å². The number of hydrogen-bond donors (Lipinski definition) is 2. The summed E-state index contributed by atoms with van der Waals surface area (Å²) >= 11 is 0. The molecular weight excluding hydrogens is 346 g/mol. The van der Waals surface area contributed by atoms with Gasteiger partial charge in [0.25, 0.3) is 0 Å². The molecule has 2 N–H and O–H groups in total. The van der Waals surface area contributed by atoms with Gasteiger partial charge >= 0.3 is 0 Å². The van der Waals surface area contributed by atoms with Gasteiger partial charge < -0.3 is 14.4 Å². The first-order valence-electron chi connectivity index (χ1n) is 8.49. The van der Waals surface area contributed by atoms with Crippen molar-refractivity contribution in [2.75, 3.05) is 6.61 Å². The molecule has 8 nitrogen and oxygen atoms in total. The number of aryl methyl sites for hydroxylation is 1. The van der Waals surface area contributed by atoms with Crippen LogP contribution in [-0.2, 0) is 6.42 Å². The van der Waals surface area contributed by atoms with E-state index in [1.165, 1.54) is 0 Å². The molecule has 0 amide bonds. The van der Waals surface area contributed by atoms with E-state index in [-0.39, 0.29) is 6.61 Å². The van der Waals surface area contributed by atoms with Crippen LogP contribution < -0.4 is 4.74 Å². The lowest BCUT2D eigenvalue weighted by atomic mass is 10.2. The van der Waals surface area contributed by atoms with Gasteiger partial charge in [-0.1, -0.05) is 5.16 Å². The summed E-state index contributed by atoms with van der Waals surface area (Å²) in [5.74, 6) is 2.18. The summed E-state index contributed by atoms with van der Waals surface area (Å²) in [5, 5.41) is 19.6. The first kappa shape index (κ1) is 16.9. The Kier molecular flexibility index (Phi) is 4.88. The fraction of sp³-hybridized carbons (Fsp3) is 0.158. The van der Waals surface area contributed by atoms with E-state index < -0.39 is 0 Å². The van der Waals surface area contributed by atoms with E-state index in [2.05, 4.69) is 25.3 Å². The van der Waals surface area contributed by atoms with Gasteiger partial charge in [0.15, 0.2) is 0 Å². The Morgan fingerprint density at radius 1 is 1.04 bits per heavy atom. The normalized spacial score (nSPS) is 10.9. The summed E-state index contributed by atoms with van der Waals surface area (Å²) in [6, 6.07) is 13.0. The minimum absolute atomic E-state index is 0.0979. The van der Waals surface area contributed by atoms with Crippen molar-refractivity contribution < 1.29 is 14.4 Å². The summed E-state index contributed by atoms with van der Waals surface area (Å²) in [7, 11) is 0. The van der Waals surface area contributed by atoms with E-state index >= 15 is 0 Å². The Balaban J connectivity index is 1.42. The number of pyridine rings is 1. The summed E-state index contributed by atoms with van der Waals surface area (Å²) in [4.78, 5) is 8.63. The summed E-state index contributed by atoms with van der Waals surface area (Å²) < 4.78 is 10.9. The number of aliphatic hydroxyl groups excluding tert-OH is 1. The highest BCUT2D eigenvalue weighted by molar-refractivity contribution is 5.58. The Hall–Kier alpha value is -3.52. The summed E-state index contributed by atoms with van der Waals surface area (Å²) in [5.41, 5.74) is 2.66. The fourth-order valence-corrected chi connectivity index (χ4v) is 2.51. The molecule has 0 saturated carbocycles. The zero-order chi connectivity index (χ0) is 18.5. The molecule has 0 fully saturated rings. The highest BCUT2D eigenvalue weighted by Gasteiger charge is 2.09. The number of ether oxygens (including phenoxy) is 1. The topological polar surface area (TPSA) is 110 Å². The lowest BCUT2D eigenvalue weighted by Crippen LogP contribution is -1.90. The van der Waals surface area contributed by atoms with E-state index in [9.17, 15) is 0 Å². The van der Waals surface area contributed by atoms with Crippen LogP contribution in [0.1, 0.15) is 12.3 Å². The van der Waals surface area contributed by atoms with Gasteiger partial charge in [-0.2, -0.15) is 10.1 Å². The molecule has 0 bridgehead atoms. The Morgan fingerprint density at radius 2 is 1.89 bits per heavy atom. The number of aliphatic hydroxyl groups is 1. The third kappa shape index (κ3) is 4.01. The molecule has 0 aliphatic heterocycles. The minimum atomic E-state index is 0.0979. The quantitative estimate of drug-likeness (QED) is 0.518. The average molecular weight is 363 g/mol. The van der Waals surface area contributed by atoms with Gasteiger partial charge in [-0.25, -0.2) is 4.98 Å². The molecule has 0 saturated heterocycles. The first-order valence-corrected chi connectivity index (χ1v) is 8.49. The number of nitrogens with one attached hydrogen (secondary N) is 1. The van der Waals surface area contributed by atoms with Crippen LogP contribution in [-0.4, -0.2) is 37.0 Å². The highest BCUT2D eigenvalue weighted by Crippen LogP contribution is 2.25. The SMILES string of the molecule is OCCCc1nc(-c2ccc(Oc3ccc(-c4ccn[nH]4)cn3)cc2)no1. The van der Waals surface area contributed by atoms with E-state index in [0.717, 1.165) is 16.8 Å². The number of hydrogen-bond acceptors (Lipinski definition) is 7. The Bertz CT molecular complexity index is 979. The first-order chi connectivity index (χ1) is 13.3. The van der Waals surface area contributed by atoms with Crippen molar-refractivity contribution in [1.29, 1.82) is 0 Å². The number of aromatic amines is 1. The number of nitrogens with zero attached hydrogens (tertiary/aromatic N) is 4. The number of benzene rings is 1. The average Bonchev–Trinajstić information content (AvgIpc) is 3.40. The molecule has 0 aliphatic rings. The molecule has 27 heavy (non-hydrogen) atoms. The molecular formula is C19H17N5O3. The number of H-pyrrole nitrogens is 1. The predicted molar refractivity (Wildman–Crippen MR) is 97.0 cm³/mol. The zero-order valence-corrected chi connectivity index (χ0v) is 14.4. The number of aromatic nitrogens is 5. The van der Waals surface area contributed by atoms with Gasteiger partial charge in [0.1, 0.15) is 5.75 Å². The third-order valence-corrected chi connectivity index (χ3v) is 3.90. The van der Waals surface area contributed by atoms with Crippen molar-refractivity contribution in [3.05, 3.63) is 60.7 Å². The maximum absolute atomic E-state index is 8.85. The molecule has 0 radical (unpaired) electrons. The third-order valence-electron chi connectivity index (χ3n) is 3.90. The van der Waals surface area contributed by atoms with E-state index in [1.807, 2.05) is 36.4 Å². The van der Waals surface area contributed by atoms with Crippen molar-refractivity contribution in [3.8, 4) is 34.3 Å². The summed E-state index contributed by atoms with van der Waals surface area (Å²) in [6.07, 6.45) is 4.58. The summed E-state index contributed by atoms with van der Waals surface area (Å²) in [6.45, 7) is 0.0979. The van der Waals surface area contributed by atoms with Crippen LogP contribution in [0.3, 0.4) is 0 Å². The van der Waals surface area contributed by atoms with Crippen LogP contribution in [0, 0.1) is 0 Å². The molecule has 0 atom stereocenters. The van der Waals surface area contributed by atoms with Crippen molar-refractivity contribution >= 4 is 0 Å². The largest absolute Gasteiger partial charge is 0.439 e. The van der Waals surface area contributed by atoms with Crippen molar-refractivity contribution in [2.45, 2.75) is 12.8 Å². The van der Waals surface area contributed by atoms with Gasteiger partial charge in [0.05, 0.1) is 5.69 Å². The van der Waals surface area contributed by atoms with Crippen LogP contribution in [0.4, 0.5) is 0 Å². The molecule has 4 rings (SSSR count). The van der Waals surface area contributed by atoms with E-state index in [1.54, 1.807) is 18.5 Å². The molecule has 3 aromatic heterocycles. The van der Waals surface area contributed by atoms with Gasteiger partial charge in [-0.15, -0.1) is 0 Å². The maximum Gasteiger partial charge on any atom is 0.227 e. The number of rotatable bonds is 7. The molecule has 3 heterocycles. The monoisotopic (exact) mass is 363 g/mol. The fourth-order valence-electron chi connectivity index (χ4n) is 2.51. The standard InChI is InChI=1S/C19H17N5O3/c25-11-1-2-18-22-19(24-27-18)13-3-6-15(7-4-13)26-17-8-5-14(12-20-17)16-9-10-21-23-16/h3-10,12,25H,1-2,11H2,(H,21,23). The molecule has 1 aromatic carbocycles. The van der Waals surface area contributed by atoms with Crippen LogP contribution >= 0.6 is 0 Å². The van der Waals surface area contributed by atoms with E-state index in [4.69, 9.17) is 14.4 Å². The zero-order valence-electron chi connectivity index (χ0n) is 14.4. The molecule has 0 unspecified atom stereocenters. The van der Waals surface area contributed by atoms with Crippen LogP contribution in [0.5, 0.6) is 11.6 Å². The molecule has 8 heteroatoms. The maximum atomic E-state index is 8.85. The van der Waals surface area contributed by atoms with Gasteiger partial charge in [0, 0.05) is 42.6 Å². The molecule has 0 spiro atoms. The molecule has 0 aliphatic carbocycles. The lowest BCUT2D eigenvalue weighted by Gasteiger charge is -2.05. The van der Waals surface area contributed by atoms with Crippen LogP contribution in [0.25, 0.3) is 22.6 Å². The van der Waals surface area contributed by atoms with Gasteiger partial charge in [0.2, 0.25) is 17.6 Å². The van der Waals surface area contributed by atoms with Crippen LogP contribution in [0.15, 0.2) is 59.4 Å². The second kappa shape index (κ2) is 7.79. The predicted octanol–water partition coefficient (Wildman–Crippen LogP) is 3.24. The Morgan fingerprint density at radius 3 is 2.59 bits per heavy atom. The highest BCUT2D eigenvalue weighted by atomic mass is 16.5. The molecule has 4 aromatic rings. The molecule has 136 valence electrons. The van der Waals surface area contributed by atoms with Gasteiger partial charge in [-0.3, -0.25) is 5.10 Å². The second-order valence-corrected chi connectivity index (χ2v) is 5.82. The van der Waals surface area contributed by atoms with Crippen LogP contribution in [0.2, 0.25) is 0 Å². The van der Waals surface area contributed by atoms with Crippen molar-refractivity contribution in [2.24, 2.45) is 0 Å². The minimum Gasteiger partial charge on any atom is -0.439 e. The second-order valence-electron chi connectivity index (χ2n) is 5.82. The van der Waals surface area contributed by atoms with E-state index in [0.29, 0.717) is 36.2 Å². The van der Waals surface area contributed by atoms with Gasteiger partial charge in [-0.05, 0) is 42.8 Å². The smallest absolute Gasteiger partial charge is 0.227 e. The van der Waals surface area contributed by atoms with Crippen molar-refractivity contribution in [1.82, 2.24) is 25.3 Å². The Labute approximate surface area is 154 Å².